The minimum Gasteiger partial charge on any atom is -0.308 e. The summed E-state index contributed by atoms with van der Waals surface area (Å²) in [5.74, 6) is 0. The van der Waals surface area contributed by atoms with E-state index >= 15 is 0 Å². The van der Waals surface area contributed by atoms with Crippen molar-refractivity contribution >= 4 is 15.9 Å². The van der Waals surface area contributed by atoms with Crippen LogP contribution < -0.4 is 5.32 Å². The lowest BCUT2D eigenvalue weighted by molar-refractivity contribution is 0.469. The molecule has 0 bridgehead atoms. The van der Waals surface area contributed by atoms with Crippen LogP contribution in [-0.2, 0) is 0 Å². The summed E-state index contributed by atoms with van der Waals surface area (Å²) >= 11 is 3.44. The summed E-state index contributed by atoms with van der Waals surface area (Å²) in [5.41, 5.74) is 1.34. The molecular weight excluding hydrogens is 238 g/mol. The largest absolute Gasteiger partial charge is 0.308 e. The third-order valence-corrected chi connectivity index (χ3v) is 3.05. The van der Waals surface area contributed by atoms with Gasteiger partial charge in [0.1, 0.15) is 0 Å². The molecule has 1 rings (SSSR count). The average molecular weight is 256 g/mol. The van der Waals surface area contributed by atoms with E-state index in [-0.39, 0.29) is 0 Å². The van der Waals surface area contributed by atoms with Crippen LogP contribution in [0.1, 0.15) is 38.8 Å². The van der Waals surface area contributed by atoms with Gasteiger partial charge < -0.3 is 5.32 Å². The Morgan fingerprint density at radius 2 is 1.79 bits per heavy atom. The van der Waals surface area contributed by atoms with E-state index in [1.54, 1.807) is 0 Å². The number of hydrogen-bond acceptors (Lipinski definition) is 1. The Morgan fingerprint density at radius 1 is 1.21 bits per heavy atom. The van der Waals surface area contributed by atoms with Crippen LogP contribution in [-0.4, -0.2) is 6.04 Å². The second-order valence-corrected chi connectivity index (χ2v) is 4.66. The monoisotopic (exact) mass is 255 g/mol. The summed E-state index contributed by atoms with van der Waals surface area (Å²) < 4.78 is 1.14. The standard InChI is InChI=1S/C12H18BrN/c1-4-9(2)14-10(3)11-5-7-12(13)8-6-11/h5-10,14H,4H2,1-3H3/t9?,10-/m0/s1. The van der Waals surface area contributed by atoms with Crippen molar-refractivity contribution < 1.29 is 0 Å². The molecule has 0 amide bonds. The second kappa shape index (κ2) is 5.52. The van der Waals surface area contributed by atoms with Crippen molar-refractivity contribution in [3.05, 3.63) is 34.3 Å². The highest BCUT2D eigenvalue weighted by molar-refractivity contribution is 9.10. The molecule has 0 saturated heterocycles. The van der Waals surface area contributed by atoms with E-state index in [4.69, 9.17) is 0 Å². The fourth-order valence-electron chi connectivity index (χ4n) is 1.39. The topological polar surface area (TPSA) is 12.0 Å². The lowest BCUT2D eigenvalue weighted by Gasteiger charge is -2.19. The molecule has 0 spiro atoms. The first-order valence-electron chi connectivity index (χ1n) is 5.15. The van der Waals surface area contributed by atoms with Crippen molar-refractivity contribution in [2.45, 2.75) is 39.3 Å². The fourth-order valence-corrected chi connectivity index (χ4v) is 1.66. The van der Waals surface area contributed by atoms with Crippen LogP contribution in [0.25, 0.3) is 0 Å². The normalized spacial score (nSPS) is 15.1. The highest BCUT2D eigenvalue weighted by Crippen LogP contribution is 2.17. The van der Waals surface area contributed by atoms with Crippen molar-refractivity contribution in [1.82, 2.24) is 5.32 Å². The predicted molar refractivity (Wildman–Crippen MR) is 65.4 cm³/mol. The molecule has 0 aliphatic heterocycles. The zero-order valence-corrected chi connectivity index (χ0v) is 10.6. The van der Waals surface area contributed by atoms with Crippen molar-refractivity contribution in [3.8, 4) is 0 Å². The Labute approximate surface area is 95.0 Å². The van der Waals surface area contributed by atoms with Crippen LogP contribution in [0.5, 0.6) is 0 Å². The summed E-state index contributed by atoms with van der Waals surface area (Å²) in [4.78, 5) is 0. The SMILES string of the molecule is CCC(C)N[C@@H](C)c1ccc(Br)cc1. The van der Waals surface area contributed by atoms with Gasteiger partial charge in [-0.2, -0.15) is 0 Å². The summed E-state index contributed by atoms with van der Waals surface area (Å²) in [5, 5.41) is 3.55. The Morgan fingerprint density at radius 3 is 2.29 bits per heavy atom. The van der Waals surface area contributed by atoms with Crippen LogP contribution in [0.15, 0.2) is 28.7 Å². The van der Waals surface area contributed by atoms with E-state index in [1.807, 2.05) is 0 Å². The molecule has 1 nitrogen and oxygen atoms in total. The maximum absolute atomic E-state index is 3.55. The molecule has 0 fully saturated rings. The number of hydrogen-bond donors (Lipinski definition) is 1. The van der Waals surface area contributed by atoms with Crippen molar-refractivity contribution in [2.75, 3.05) is 0 Å². The molecule has 0 aromatic heterocycles. The zero-order valence-electron chi connectivity index (χ0n) is 9.05. The molecule has 14 heavy (non-hydrogen) atoms. The summed E-state index contributed by atoms with van der Waals surface area (Å²) in [6.07, 6.45) is 1.17. The fraction of sp³-hybridized carbons (Fsp3) is 0.500. The highest BCUT2D eigenvalue weighted by atomic mass is 79.9. The Bertz CT molecular complexity index is 268. The molecule has 0 saturated carbocycles. The zero-order chi connectivity index (χ0) is 10.6. The maximum Gasteiger partial charge on any atom is 0.0294 e. The van der Waals surface area contributed by atoms with Crippen molar-refractivity contribution in [3.63, 3.8) is 0 Å². The molecule has 0 aliphatic rings. The molecule has 0 radical (unpaired) electrons. The van der Waals surface area contributed by atoms with Gasteiger partial charge in [0.15, 0.2) is 0 Å². The molecule has 1 aromatic carbocycles. The molecule has 1 N–H and O–H groups in total. The minimum absolute atomic E-state index is 0.429. The quantitative estimate of drug-likeness (QED) is 0.861. The predicted octanol–water partition coefficient (Wildman–Crippen LogP) is 3.90. The number of halogens is 1. The van der Waals surface area contributed by atoms with Gasteiger partial charge in [0.05, 0.1) is 0 Å². The van der Waals surface area contributed by atoms with Gasteiger partial charge >= 0.3 is 0 Å². The number of rotatable bonds is 4. The van der Waals surface area contributed by atoms with Crippen LogP contribution >= 0.6 is 15.9 Å². The van der Waals surface area contributed by atoms with E-state index in [2.05, 4.69) is 66.3 Å². The van der Waals surface area contributed by atoms with Gasteiger partial charge in [-0.25, -0.2) is 0 Å². The van der Waals surface area contributed by atoms with Gasteiger partial charge in [0.2, 0.25) is 0 Å². The van der Waals surface area contributed by atoms with Gasteiger partial charge in [-0.15, -0.1) is 0 Å². The van der Waals surface area contributed by atoms with E-state index in [0.29, 0.717) is 12.1 Å². The van der Waals surface area contributed by atoms with E-state index in [9.17, 15) is 0 Å². The maximum atomic E-state index is 3.55. The average Bonchev–Trinajstić information content (AvgIpc) is 2.18. The summed E-state index contributed by atoms with van der Waals surface area (Å²) in [6.45, 7) is 6.62. The van der Waals surface area contributed by atoms with Crippen molar-refractivity contribution in [2.24, 2.45) is 0 Å². The van der Waals surface area contributed by atoms with Gasteiger partial charge in [-0.1, -0.05) is 35.0 Å². The first-order chi connectivity index (χ1) is 6.63. The summed E-state index contributed by atoms with van der Waals surface area (Å²) in [6, 6.07) is 9.49. The van der Waals surface area contributed by atoms with Crippen LogP contribution in [0.2, 0.25) is 0 Å². The van der Waals surface area contributed by atoms with Gasteiger partial charge in [-0.3, -0.25) is 0 Å². The molecule has 0 aliphatic carbocycles. The van der Waals surface area contributed by atoms with Gasteiger partial charge in [0, 0.05) is 16.6 Å². The lowest BCUT2D eigenvalue weighted by atomic mass is 10.1. The lowest BCUT2D eigenvalue weighted by Crippen LogP contribution is -2.28. The van der Waals surface area contributed by atoms with Crippen LogP contribution in [0.4, 0.5) is 0 Å². The summed E-state index contributed by atoms with van der Waals surface area (Å²) in [7, 11) is 0. The molecule has 2 atom stereocenters. The minimum atomic E-state index is 0.429. The Kier molecular flexibility index (Phi) is 4.63. The first kappa shape index (κ1) is 11.7. The third kappa shape index (κ3) is 3.43. The van der Waals surface area contributed by atoms with Crippen molar-refractivity contribution in [1.29, 1.82) is 0 Å². The molecule has 78 valence electrons. The van der Waals surface area contributed by atoms with Gasteiger partial charge in [0.25, 0.3) is 0 Å². The smallest absolute Gasteiger partial charge is 0.0294 e. The third-order valence-electron chi connectivity index (χ3n) is 2.52. The Balaban J connectivity index is 2.60. The molecule has 2 heteroatoms. The molecule has 0 heterocycles. The van der Waals surface area contributed by atoms with Crippen LogP contribution in [0.3, 0.4) is 0 Å². The second-order valence-electron chi connectivity index (χ2n) is 3.75. The molecular formula is C12H18BrN. The number of nitrogens with one attached hydrogen (secondary N) is 1. The molecule has 1 unspecified atom stereocenters. The van der Waals surface area contributed by atoms with E-state index < -0.39 is 0 Å². The number of benzene rings is 1. The van der Waals surface area contributed by atoms with E-state index in [0.717, 1.165) is 4.47 Å². The van der Waals surface area contributed by atoms with E-state index in [1.165, 1.54) is 12.0 Å². The Hall–Kier alpha value is -0.340. The highest BCUT2D eigenvalue weighted by Gasteiger charge is 2.07. The van der Waals surface area contributed by atoms with Crippen LogP contribution in [0, 0.1) is 0 Å². The van der Waals surface area contributed by atoms with Gasteiger partial charge in [-0.05, 0) is 38.0 Å². The first-order valence-corrected chi connectivity index (χ1v) is 5.94. The molecule has 1 aromatic rings.